The Morgan fingerprint density at radius 3 is 2.08 bits per heavy atom. The Morgan fingerprint density at radius 1 is 0.840 bits per heavy atom. The number of aryl methyl sites for hydroxylation is 1. The van der Waals surface area contributed by atoms with Crippen molar-refractivity contribution in [3.8, 4) is 0 Å². The SMILES string of the molecule is CCCCCCCCCCc1ccc2ccccc2c1S(=O)(=O)O.[Cr]. The average Bonchev–Trinajstić information content (AvgIpc) is 2.55. The summed E-state index contributed by atoms with van der Waals surface area (Å²) in [6.45, 7) is 2.22. The number of unbranched alkanes of at least 4 members (excludes halogenated alkanes) is 7. The van der Waals surface area contributed by atoms with Crippen LogP contribution in [0.2, 0.25) is 0 Å². The van der Waals surface area contributed by atoms with Gasteiger partial charge in [0.25, 0.3) is 10.1 Å². The van der Waals surface area contributed by atoms with Crippen molar-refractivity contribution in [2.24, 2.45) is 0 Å². The molecule has 3 nitrogen and oxygen atoms in total. The van der Waals surface area contributed by atoms with E-state index in [9.17, 15) is 13.0 Å². The maximum absolute atomic E-state index is 11.9. The maximum Gasteiger partial charge on any atom is 0.295 e. The Kier molecular flexibility index (Phi) is 9.75. The van der Waals surface area contributed by atoms with Gasteiger partial charge in [0.05, 0.1) is 0 Å². The number of hydrogen-bond donors (Lipinski definition) is 1. The zero-order valence-electron chi connectivity index (χ0n) is 14.9. The Bertz CT molecular complexity index is 757. The molecule has 0 fully saturated rings. The molecule has 138 valence electrons. The van der Waals surface area contributed by atoms with Crippen LogP contribution in [-0.4, -0.2) is 13.0 Å². The molecular weight excluding hydrogens is 372 g/mol. The summed E-state index contributed by atoms with van der Waals surface area (Å²) >= 11 is 0. The van der Waals surface area contributed by atoms with Crippen LogP contribution < -0.4 is 0 Å². The summed E-state index contributed by atoms with van der Waals surface area (Å²) in [5.74, 6) is 0. The van der Waals surface area contributed by atoms with E-state index in [2.05, 4.69) is 6.92 Å². The van der Waals surface area contributed by atoms with Crippen LogP contribution in [-0.2, 0) is 33.9 Å². The van der Waals surface area contributed by atoms with E-state index >= 15 is 0 Å². The molecule has 0 aliphatic carbocycles. The van der Waals surface area contributed by atoms with Gasteiger partial charge in [-0.15, -0.1) is 0 Å². The van der Waals surface area contributed by atoms with Crippen molar-refractivity contribution in [1.82, 2.24) is 0 Å². The second kappa shape index (κ2) is 11.0. The fraction of sp³-hybridized carbons (Fsp3) is 0.500. The van der Waals surface area contributed by atoms with E-state index in [1.807, 2.05) is 24.3 Å². The molecule has 0 saturated carbocycles. The molecule has 0 radical (unpaired) electrons. The van der Waals surface area contributed by atoms with E-state index in [0.717, 1.165) is 23.8 Å². The zero-order valence-corrected chi connectivity index (χ0v) is 17.0. The van der Waals surface area contributed by atoms with Gasteiger partial charge in [0, 0.05) is 22.7 Å². The third kappa shape index (κ3) is 6.75. The van der Waals surface area contributed by atoms with E-state index in [4.69, 9.17) is 0 Å². The predicted molar refractivity (Wildman–Crippen MR) is 100 cm³/mol. The maximum atomic E-state index is 11.9. The number of fused-ring (bicyclic) bond motifs is 1. The standard InChI is InChI=1S/C20H28O3S.Cr/c1-2-3-4-5-6-7-8-9-13-18-16-15-17-12-10-11-14-19(17)20(18)24(21,22)23;/h10-12,14-16H,2-9,13H2,1H3,(H,21,22,23);. The molecule has 2 aromatic carbocycles. The van der Waals surface area contributed by atoms with Crippen LogP contribution in [0.15, 0.2) is 41.3 Å². The minimum absolute atomic E-state index is 0. The van der Waals surface area contributed by atoms with Crippen molar-refractivity contribution in [2.45, 2.75) is 69.6 Å². The van der Waals surface area contributed by atoms with Gasteiger partial charge in [-0.3, -0.25) is 4.55 Å². The smallest absolute Gasteiger partial charge is 0.282 e. The molecule has 0 unspecified atom stereocenters. The van der Waals surface area contributed by atoms with Crippen LogP contribution in [0.3, 0.4) is 0 Å². The van der Waals surface area contributed by atoms with E-state index in [1.165, 1.54) is 38.5 Å². The molecule has 25 heavy (non-hydrogen) atoms. The molecule has 0 atom stereocenters. The fourth-order valence-corrected chi connectivity index (χ4v) is 4.20. The van der Waals surface area contributed by atoms with Gasteiger partial charge in [0.2, 0.25) is 0 Å². The van der Waals surface area contributed by atoms with Crippen molar-refractivity contribution in [3.05, 3.63) is 42.0 Å². The summed E-state index contributed by atoms with van der Waals surface area (Å²) in [5, 5.41) is 1.45. The van der Waals surface area contributed by atoms with E-state index < -0.39 is 10.1 Å². The third-order valence-electron chi connectivity index (χ3n) is 4.52. The summed E-state index contributed by atoms with van der Waals surface area (Å²) in [5.41, 5.74) is 0.724. The van der Waals surface area contributed by atoms with Gasteiger partial charge >= 0.3 is 0 Å². The van der Waals surface area contributed by atoms with Gasteiger partial charge in [0.15, 0.2) is 0 Å². The van der Waals surface area contributed by atoms with Crippen LogP contribution in [0, 0.1) is 0 Å². The van der Waals surface area contributed by atoms with Gasteiger partial charge in [-0.2, -0.15) is 8.42 Å². The van der Waals surface area contributed by atoms with Crippen molar-refractivity contribution in [3.63, 3.8) is 0 Å². The summed E-state index contributed by atoms with van der Waals surface area (Å²) in [6.07, 6.45) is 10.4. The molecule has 1 N–H and O–H groups in total. The van der Waals surface area contributed by atoms with Gasteiger partial charge in [-0.25, -0.2) is 0 Å². The molecule has 2 rings (SSSR count). The van der Waals surface area contributed by atoms with E-state index in [0.29, 0.717) is 11.8 Å². The Hall–Kier alpha value is -0.858. The predicted octanol–water partition coefficient (Wildman–Crippen LogP) is 5.77. The fourth-order valence-electron chi connectivity index (χ4n) is 3.24. The van der Waals surface area contributed by atoms with Crippen molar-refractivity contribution in [1.29, 1.82) is 0 Å². The Balaban J connectivity index is 0.00000312. The zero-order chi connectivity index (χ0) is 17.4. The first-order chi connectivity index (χ1) is 11.5. The van der Waals surface area contributed by atoms with Gasteiger partial charge in [0.1, 0.15) is 4.90 Å². The van der Waals surface area contributed by atoms with Gasteiger partial charge in [-0.1, -0.05) is 88.3 Å². The molecule has 0 aliphatic rings. The topological polar surface area (TPSA) is 54.4 Å². The number of hydrogen-bond acceptors (Lipinski definition) is 2. The molecule has 0 amide bonds. The summed E-state index contributed by atoms with van der Waals surface area (Å²) < 4.78 is 33.4. The first kappa shape index (κ1) is 22.2. The normalized spacial score (nSPS) is 11.4. The Labute approximate surface area is 162 Å². The largest absolute Gasteiger partial charge is 0.295 e. The minimum Gasteiger partial charge on any atom is -0.282 e. The van der Waals surface area contributed by atoms with Gasteiger partial charge in [-0.05, 0) is 23.8 Å². The first-order valence-electron chi connectivity index (χ1n) is 9.02. The second-order valence-corrected chi connectivity index (χ2v) is 7.83. The number of rotatable bonds is 10. The molecule has 0 heterocycles. The molecule has 0 spiro atoms. The first-order valence-corrected chi connectivity index (χ1v) is 10.5. The second-order valence-electron chi connectivity index (χ2n) is 6.47. The molecular formula is C20H28CrO3S. The quantitative estimate of drug-likeness (QED) is 0.407. The molecule has 2 aromatic rings. The summed E-state index contributed by atoms with van der Waals surface area (Å²) in [7, 11) is -4.22. The monoisotopic (exact) mass is 400 g/mol. The van der Waals surface area contributed by atoms with Crippen LogP contribution in [0.5, 0.6) is 0 Å². The van der Waals surface area contributed by atoms with Crippen LogP contribution >= 0.6 is 0 Å². The third-order valence-corrected chi connectivity index (χ3v) is 5.52. The molecule has 5 heteroatoms. The minimum atomic E-state index is -4.22. The molecule has 0 bridgehead atoms. The van der Waals surface area contributed by atoms with Crippen LogP contribution in [0.25, 0.3) is 10.8 Å². The van der Waals surface area contributed by atoms with E-state index in [1.54, 1.807) is 12.1 Å². The van der Waals surface area contributed by atoms with Crippen molar-refractivity contribution in [2.75, 3.05) is 0 Å². The number of benzene rings is 2. The molecule has 0 saturated heterocycles. The van der Waals surface area contributed by atoms with E-state index in [-0.39, 0.29) is 22.3 Å². The van der Waals surface area contributed by atoms with Crippen molar-refractivity contribution < 1.29 is 30.3 Å². The summed E-state index contributed by atoms with van der Waals surface area (Å²) in [4.78, 5) is 0.0866. The van der Waals surface area contributed by atoms with Crippen LogP contribution in [0.4, 0.5) is 0 Å². The molecule has 0 aliphatic heterocycles. The van der Waals surface area contributed by atoms with Crippen LogP contribution in [0.1, 0.15) is 63.9 Å². The average molecular weight is 401 g/mol. The van der Waals surface area contributed by atoms with Gasteiger partial charge < -0.3 is 0 Å². The summed E-state index contributed by atoms with van der Waals surface area (Å²) in [6, 6.07) is 11.1. The molecule has 0 aromatic heterocycles. The Morgan fingerprint density at radius 2 is 1.44 bits per heavy atom. The van der Waals surface area contributed by atoms with Crippen molar-refractivity contribution >= 4 is 20.9 Å².